The van der Waals surface area contributed by atoms with Gasteiger partial charge in [0.25, 0.3) is 0 Å². The van der Waals surface area contributed by atoms with E-state index < -0.39 is 0 Å². The van der Waals surface area contributed by atoms with Crippen molar-refractivity contribution in [2.75, 3.05) is 44.8 Å². The largest absolute Gasteiger partial charge is 0.449 e. The quantitative estimate of drug-likeness (QED) is 0.868. The molecule has 1 atom stereocenters. The van der Waals surface area contributed by atoms with Crippen LogP contribution in [-0.2, 0) is 20.9 Å². The van der Waals surface area contributed by atoms with Crippen LogP contribution in [0, 0.1) is 5.92 Å². The molecule has 3 aliphatic rings. The number of ether oxygens (including phenoxy) is 2. The number of rotatable bonds is 3. The molecule has 0 aromatic heterocycles. The molecule has 7 heteroatoms. The predicted molar refractivity (Wildman–Crippen MR) is 92.8 cm³/mol. The first-order chi connectivity index (χ1) is 12.3. The fourth-order valence-corrected chi connectivity index (χ4v) is 3.54. The number of carbonyl (C=O) groups is 1. The van der Waals surface area contributed by atoms with Gasteiger partial charge in [0.05, 0.1) is 26.4 Å². The smallest absolute Gasteiger partial charge is 0.414 e. The molecule has 3 aliphatic heterocycles. The van der Waals surface area contributed by atoms with Crippen LogP contribution in [0.1, 0.15) is 17.5 Å². The second kappa shape index (κ2) is 7.03. The van der Waals surface area contributed by atoms with Gasteiger partial charge in [-0.25, -0.2) is 4.79 Å². The maximum Gasteiger partial charge on any atom is 0.414 e. The summed E-state index contributed by atoms with van der Waals surface area (Å²) in [5.41, 5.74) is 7.06. The molecule has 0 aliphatic carbocycles. The molecular formula is C18H23N3O4. The lowest BCUT2D eigenvalue weighted by atomic mass is 9.99. The number of carbonyl (C=O) groups excluding carboxylic acids is 1. The van der Waals surface area contributed by atoms with Crippen LogP contribution in [0.4, 0.5) is 10.5 Å². The van der Waals surface area contributed by atoms with E-state index in [0.717, 1.165) is 42.1 Å². The predicted octanol–water partition coefficient (Wildman–Crippen LogP) is 1.64. The van der Waals surface area contributed by atoms with Crippen molar-refractivity contribution in [3.8, 4) is 0 Å². The van der Waals surface area contributed by atoms with Crippen LogP contribution in [0.25, 0.3) is 5.76 Å². The molecule has 0 spiro atoms. The van der Waals surface area contributed by atoms with Gasteiger partial charge < -0.3 is 19.6 Å². The number of cyclic esters (lactones) is 1. The minimum absolute atomic E-state index is 0.276. The van der Waals surface area contributed by atoms with E-state index in [4.69, 9.17) is 14.3 Å². The second-order valence-corrected chi connectivity index (χ2v) is 6.61. The number of nitrogens with one attached hydrogen (secondary N) is 2. The highest BCUT2D eigenvalue weighted by Crippen LogP contribution is 2.33. The summed E-state index contributed by atoms with van der Waals surface area (Å²) in [5.74, 6) is 1.18. The Morgan fingerprint density at radius 2 is 2.32 bits per heavy atom. The van der Waals surface area contributed by atoms with Crippen LogP contribution in [0.3, 0.4) is 0 Å². The van der Waals surface area contributed by atoms with Crippen molar-refractivity contribution < 1.29 is 19.1 Å². The van der Waals surface area contributed by atoms with E-state index in [9.17, 15) is 4.79 Å². The maximum absolute atomic E-state index is 12.2. The highest BCUT2D eigenvalue weighted by Gasteiger charge is 2.29. The first-order valence-electron chi connectivity index (χ1n) is 8.68. The van der Waals surface area contributed by atoms with Gasteiger partial charge in [-0.05, 0) is 42.8 Å². The molecule has 1 aromatic carbocycles. The molecule has 2 N–H and O–H groups in total. The van der Waals surface area contributed by atoms with Gasteiger partial charge in [0, 0.05) is 30.3 Å². The molecule has 4 rings (SSSR count). The van der Waals surface area contributed by atoms with Crippen molar-refractivity contribution in [3.63, 3.8) is 0 Å². The number of hydrogen-bond acceptors (Lipinski definition) is 6. The summed E-state index contributed by atoms with van der Waals surface area (Å²) in [5, 5.41) is 3.15. The first kappa shape index (κ1) is 16.4. The Kier molecular flexibility index (Phi) is 4.61. The molecular weight excluding hydrogens is 322 g/mol. The Bertz CT molecular complexity index is 704. The number of nitrogens with zero attached hydrogens (tertiary/aromatic N) is 1. The summed E-state index contributed by atoms with van der Waals surface area (Å²) in [7, 11) is 1.91. The third kappa shape index (κ3) is 3.22. The highest BCUT2D eigenvalue weighted by atomic mass is 16.7. The Morgan fingerprint density at radius 3 is 3.20 bits per heavy atom. The van der Waals surface area contributed by atoms with Gasteiger partial charge in [0.15, 0.2) is 5.76 Å². The number of fused-ring (bicyclic) bond motifs is 2. The van der Waals surface area contributed by atoms with Gasteiger partial charge in [0.1, 0.15) is 0 Å². The maximum atomic E-state index is 12.2. The Morgan fingerprint density at radius 1 is 1.40 bits per heavy atom. The standard InChI is InChI=1S/C18H23N3O4/c1-19-7-12-9-21(18(22)24-10-12)15-2-3-16-14(6-15)11-23-5-4-13-8-20-25-17(13)16/h2-3,6,12,19-20H,4-5,7-11H2,1H3. The van der Waals surface area contributed by atoms with Crippen LogP contribution in [0.5, 0.6) is 0 Å². The fraction of sp³-hybridized carbons (Fsp3) is 0.500. The summed E-state index contributed by atoms with van der Waals surface area (Å²) < 4.78 is 11.1. The molecule has 1 aromatic rings. The minimum Gasteiger partial charge on any atom is -0.449 e. The third-order valence-corrected chi connectivity index (χ3v) is 4.83. The summed E-state index contributed by atoms with van der Waals surface area (Å²) in [6.45, 7) is 3.82. The van der Waals surface area contributed by atoms with Crippen molar-refractivity contribution in [2.45, 2.75) is 13.0 Å². The van der Waals surface area contributed by atoms with E-state index >= 15 is 0 Å². The average Bonchev–Trinajstić information content (AvgIpc) is 3.06. The molecule has 1 unspecified atom stereocenters. The van der Waals surface area contributed by atoms with Crippen LogP contribution < -0.4 is 15.7 Å². The summed E-state index contributed by atoms with van der Waals surface area (Å²) in [4.78, 5) is 19.6. The molecule has 1 saturated heterocycles. The van der Waals surface area contributed by atoms with Gasteiger partial charge in [-0.15, -0.1) is 0 Å². The van der Waals surface area contributed by atoms with Gasteiger partial charge in [-0.3, -0.25) is 4.90 Å². The van der Waals surface area contributed by atoms with Crippen molar-refractivity contribution >= 4 is 17.5 Å². The van der Waals surface area contributed by atoms with Gasteiger partial charge >= 0.3 is 6.09 Å². The van der Waals surface area contributed by atoms with Crippen molar-refractivity contribution in [2.24, 2.45) is 5.92 Å². The average molecular weight is 345 g/mol. The molecule has 7 nitrogen and oxygen atoms in total. The Hall–Kier alpha value is -2.09. The Labute approximate surface area is 146 Å². The molecule has 25 heavy (non-hydrogen) atoms. The SMILES string of the molecule is CNCC1COC(=O)N(c2ccc3c(c2)COCCC2=C3ONC2)C1. The molecule has 3 heterocycles. The lowest BCUT2D eigenvalue weighted by Gasteiger charge is -2.32. The topological polar surface area (TPSA) is 72.1 Å². The third-order valence-electron chi connectivity index (χ3n) is 4.83. The fourth-order valence-electron chi connectivity index (χ4n) is 3.54. The lowest BCUT2D eigenvalue weighted by molar-refractivity contribution is 0.115. The summed E-state index contributed by atoms with van der Waals surface area (Å²) in [6.07, 6.45) is 0.575. The van der Waals surface area contributed by atoms with Crippen LogP contribution in [-0.4, -0.2) is 46.0 Å². The second-order valence-electron chi connectivity index (χ2n) is 6.61. The van der Waals surface area contributed by atoms with Crippen LogP contribution >= 0.6 is 0 Å². The summed E-state index contributed by atoms with van der Waals surface area (Å²) in [6, 6.07) is 5.97. The van der Waals surface area contributed by atoms with E-state index in [1.165, 1.54) is 5.57 Å². The van der Waals surface area contributed by atoms with E-state index in [-0.39, 0.29) is 12.0 Å². The van der Waals surface area contributed by atoms with Crippen molar-refractivity contribution in [1.82, 2.24) is 10.8 Å². The monoisotopic (exact) mass is 345 g/mol. The van der Waals surface area contributed by atoms with Crippen LogP contribution in [0.15, 0.2) is 23.8 Å². The first-order valence-corrected chi connectivity index (χ1v) is 8.68. The number of hydroxylamine groups is 1. The zero-order chi connectivity index (χ0) is 17.2. The van der Waals surface area contributed by atoms with E-state index in [1.54, 1.807) is 4.90 Å². The van der Waals surface area contributed by atoms with Gasteiger partial charge in [-0.1, -0.05) is 0 Å². The molecule has 1 fully saturated rings. The van der Waals surface area contributed by atoms with Gasteiger partial charge in [0.2, 0.25) is 0 Å². The molecule has 0 bridgehead atoms. The van der Waals surface area contributed by atoms with E-state index in [2.05, 4.69) is 10.8 Å². The van der Waals surface area contributed by atoms with Crippen molar-refractivity contribution in [1.29, 1.82) is 0 Å². The van der Waals surface area contributed by atoms with Crippen molar-refractivity contribution in [3.05, 3.63) is 34.9 Å². The number of anilines is 1. The number of amides is 1. The molecule has 0 radical (unpaired) electrons. The zero-order valence-corrected chi connectivity index (χ0v) is 14.3. The normalized spacial score (nSPS) is 23.3. The number of benzene rings is 1. The minimum atomic E-state index is -0.294. The lowest BCUT2D eigenvalue weighted by Crippen LogP contribution is -2.46. The van der Waals surface area contributed by atoms with E-state index in [0.29, 0.717) is 26.4 Å². The highest BCUT2D eigenvalue weighted by molar-refractivity contribution is 5.89. The molecule has 0 saturated carbocycles. The molecule has 1 amide bonds. The van der Waals surface area contributed by atoms with Gasteiger partial charge in [-0.2, -0.15) is 5.48 Å². The summed E-state index contributed by atoms with van der Waals surface area (Å²) >= 11 is 0. The van der Waals surface area contributed by atoms with E-state index in [1.807, 2.05) is 25.2 Å². The molecule has 134 valence electrons. The number of hydrogen-bond donors (Lipinski definition) is 2. The Balaban J connectivity index is 1.65. The zero-order valence-electron chi connectivity index (χ0n) is 14.3. The van der Waals surface area contributed by atoms with Crippen LogP contribution in [0.2, 0.25) is 0 Å².